The predicted octanol–water partition coefficient (Wildman–Crippen LogP) is 7.53. The fraction of sp³-hybridized carbons (Fsp3) is 0.0303. The minimum Gasteiger partial charge on any atom is -0.478 e. The van der Waals surface area contributed by atoms with Gasteiger partial charge in [0.2, 0.25) is 0 Å². The molecule has 2 heterocycles. The van der Waals surface area contributed by atoms with E-state index >= 15 is 0 Å². The molecular formula is C33H26N2O4. The van der Waals surface area contributed by atoms with Gasteiger partial charge >= 0.3 is 11.9 Å². The van der Waals surface area contributed by atoms with E-state index in [1.807, 2.05) is 103 Å². The number of rotatable bonds is 4. The molecular weight excluding hydrogens is 488 g/mol. The zero-order valence-corrected chi connectivity index (χ0v) is 21.1. The highest BCUT2D eigenvalue weighted by Crippen LogP contribution is 2.26. The molecule has 2 aromatic heterocycles. The summed E-state index contributed by atoms with van der Waals surface area (Å²) in [5.41, 5.74) is 5.64. The van der Waals surface area contributed by atoms with E-state index in [-0.39, 0.29) is 13.0 Å². The summed E-state index contributed by atoms with van der Waals surface area (Å²) in [6, 6.07) is 37.6. The Kier molecular flexibility index (Phi) is 7.37. The maximum Gasteiger partial charge on any atom is 0.338 e. The quantitative estimate of drug-likeness (QED) is 0.244. The molecule has 0 saturated heterocycles. The minimum absolute atomic E-state index is 0. The van der Waals surface area contributed by atoms with Crippen LogP contribution in [0.2, 0.25) is 0 Å². The fourth-order valence-corrected chi connectivity index (χ4v) is 4.32. The van der Waals surface area contributed by atoms with E-state index < -0.39 is 5.97 Å². The zero-order valence-electron chi connectivity index (χ0n) is 21.1. The van der Waals surface area contributed by atoms with Gasteiger partial charge in [0.25, 0.3) is 0 Å². The number of aromatic nitrogens is 2. The van der Waals surface area contributed by atoms with Gasteiger partial charge in [-0.15, -0.1) is 0 Å². The number of hydrogen-bond acceptors (Lipinski definition) is 5. The van der Waals surface area contributed by atoms with Gasteiger partial charge < -0.3 is 9.84 Å². The van der Waals surface area contributed by atoms with Crippen LogP contribution in [0, 0.1) is 0 Å². The number of aromatic carboxylic acids is 1. The fourth-order valence-electron chi connectivity index (χ4n) is 4.32. The summed E-state index contributed by atoms with van der Waals surface area (Å²) in [7, 11) is 1.39. The summed E-state index contributed by atoms with van der Waals surface area (Å²) >= 11 is 0. The normalized spacial score (nSPS) is 10.5. The number of hydrogen-bond donors (Lipinski definition) is 1. The number of nitrogens with zero attached hydrogens (tertiary/aromatic N) is 2. The molecule has 4 aromatic carbocycles. The Labute approximate surface area is 226 Å². The Morgan fingerprint density at radius 3 is 1.49 bits per heavy atom. The molecule has 0 radical (unpaired) electrons. The van der Waals surface area contributed by atoms with Crippen molar-refractivity contribution >= 4 is 33.7 Å². The number of esters is 1. The standard InChI is InChI=1S/C17H13NO2.C16H11NO2.H2/c1-20-17(19)14-11-16(12-7-3-2-4-8-12)18-15-10-6-5-9-13(14)15;18-16(19)13-10-15(11-6-2-1-3-7-11)17-14-9-5-4-8-12(13)14;/h2-11H,1H3;1-10H,(H,18,19);1H/i;;1+1. The Morgan fingerprint density at radius 2 is 1.03 bits per heavy atom. The lowest BCUT2D eigenvalue weighted by molar-refractivity contribution is 0.0602. The minimum atomic E-state index is -0.934. The van der Waals surface area contributed by atoms with E-state index in [0.717, 1.165) is 27.7 Å². The molecule has 0 saturated carbocycles. The highest BCUT2D eigenvalue weighted by molar-refractivity contribution is 6.05. The number of fused-ring (bicyclic) bond motifs is 2. The maximum atomic E-state index is 12.0. The molecule has 0 aliphatic carbocycles. The van der Waals surface area contributed by atoms with E-state index in [1.54, 1.807) is 18.2 Å². The summed E-state index contributed by atoms with van der Waals surface area (Å²) in [6.07, 6.45) is 0. The number of benzene rings is 4. The molecule has 192 valence electrons. The summed E-state index contributed by atoms with van der Waals surface area (Å²) in [4.78, 5) is 32.5. The molecule has 0 aliphatic heterocycles. The van der Waals surface area contributed by atoms with Gasteiger partial charge in [-0.05, 0) is 24.3 Å². The Balaban J connectivity index is 0.000000181. The van der Waals surface area contributed by atoms with Crippen LogP contribution in [-0.2, 0) is 4.74 Å². The number of carboxylic acids is 1. The van der Waals surface area contributed by atoms with Gasteiger partial charge in [0.15, 0.2) is 0 Å². The molecule has 6 nitrogen and oxygen atoms in total. The SMILES string of the molecule is COC(=O)c1cc(-c2ccccc2)nc2ccccc12.O=C(O)c1cc(-c2ccccc2)nc2ccccc12.[2HH]. The van der Waals surface area contributed by atoms with Crippen LogP contribution < -0.4 is 0 Å². The average Bonchev–Trinajstić information content (AvgIpc) is 3.00. The highest BCUT2D eigenvalue weighted by atomic mass is 16.5. The van der Waals surface area contributed by atoms with Crippen molar-refractivity contribution in [2.24, 2.45) is 0 Å². The van der Waals surface area contributed by atoms with Gasteiger partial charge in [-0.2, -0.15) is 0 Å². The number of methoxy groups -OCH3 is 1. The van der Waals surface area contributed by atoms with Gasteiger partial charge in [-0.1, -0.05) is 97.1 Å². The van der Waals surface area contributed by atoms with Crippen molar-refractivity contribution < 1.29 is 20.9 Å². The van der Waals surface area contributed by atoms with E-state index in [0.29, 0.717) is 22.2 Å². The Hall–Kier alpha value is -5.36. The largest absolute Gasteiger partial charge is 0.478 e. The molecule has 6 aromatic rings. The number of ether oxygens (including phenoxy) is 1. The van der Waals surface area contributed by atoms with Crippen LogP contribution in [0.3, 0.4) is 0 Å². The lowest BCUT2D eigenvalue weighted by Gasteiger charge is -2.08. The van der Waals surface area contributed by atoms with Crippen molar-refractivity contribution in [2.75, 3.05) is 7.11 Å². The first-order valence-electron chi connectivity index (χ1n) is 12.3. The van der Waals surface area contributed by atoms with Gasteiger partial charge in [-0.25, -0.2) is 19.6 Å². The number of carbonyl (C=O) groups is 2. The lowest BCUT2D eigenvalue weighted by Crippen LogP contribution is -2.03. The average molecular weight is 516 g/mol. The lowest BCUT2D eigenvalue weighted by atomic mass is 10.0. The molecule has 0 atom stereocenters. The third kappa shape index (κ3) is 5.50. The van der Waals surface area contributed by atoms with Crippen molar-refractivity contribution in [3.63, 3.8) is 0 Å². The molecule has 6 rings (SSSR count). The summed E-state index contributed by atoms with van der Waals surface area (Å²) in [5.74, 6) is -1.28. The summed E-state index contributed by atoms with van der Waals surface area (Å²) in [5, 5.41) is 10.8. The number of para-hydroxylation sites is 2. The topological polar surface area (TPSA) is 89.4 Å². The third-order valence-electron chi connectivity index (χ3n) is 6.21. The first-order valence-corrected chi connectivity index (χ1v) is 12.3. The van der Waals surface area contributed by atoms with Crippen LogP contribution in [0.5, 0.6) is 0 Å². The van der Waals surface area contributed by atoms with Crippen molar-refractivity contribution in [1.82, 2.24) is 9.97 Å². The second-order valence-corrected chi connectivity index (χ2v) is 8.67. The van der Waals surface area contributed by atoms with E-state index in [2.05, 4.69) is 9.97 Å². The smallest absolute Gasteiger partial charge is 0.338 e. The van der Waals surface area contributed by atoms with Gasteiger partial charge in [0.1, 0.15) is 0 Å². The first kappa shape index (κ1) is 25.3. The maximum absolute atomic E-state index is 12.0. The van der Waals surface area contributed by atoms with Crippen molar-refractivity contribution in [2.45, 2.75) is 0 Å². The monoisotopic (exact) mass is 515 g/mol. The second kappa shape index (κ2) is 11.4. The van der Waals surface area contributed by atoms with Crippen LogP contribution in [0.4, 0.5) is 0 Å². The van der Waals surface area contributed by atoms with Crippen molar-refractivity contribution in [3.8, 4) is 22.5 Å². The molecule has 6 heteroatoms. The molecule has 0 bridgehead atoms. The Bertz CT molecular complexity index is 1790. The van der Waals surface area contributed by atoms with Gasteiger partial charge in [0, 0.05) is 23.3 Å². The number of pyridine rings is 2. The molecule has 39 heavy (non-hydrogen) atoms. The van der Waals surface area contributed by atoms with Crippen LogP contribution in [-0.4, -0.2) is 34.1 Å². The predicted molar refractivity (Wildman–Crippen MR) is 155 cm³/mol. The van der Waals surface area contributed by atoms with E-state index in [1.165, 1.54) is 7.11 Å². The molecule has 0 aliphatic rings. The first-order chi connectivity index (χ1) is 19.0. The second-order valence-electron chi connectivity index (χ2n) is 8.67. The van der Waals surface area contributed by atoms with Crippen LogP contribution in [0.25, 0.3) is 44.3 Å². The number of carbonyl (C=O) groups excluding carboxylic acids is 1. The summed E-state index contributed by atoms with van der Waals surface area (Å²) < 4.78 is 4.87. The zero-order chi connectivity index (χ0) is 27.2. The molecule has 1 N–H and O–H groups in total. The van der Waals surface area contributed by atoms with Crippen molar-refractivity contribution in [3.05, 3.63) is 132 Å². The highest BCUT2D eigenvalue weighted by Gasteiger charge is 2.14. The van der Waals surface area contributed by atoms with E-state index in [4.69, 9.17) is 4.74 Å². The van der Waals surface area contributed by atoms with Crippen LogP contribution >= 0.6 is 0 Å². The van der Waals surface area contributed by atoms with Gasteiger partial charge in [0.05, 0.1) is 40.7 Å². The third-order valence-corrected chi connectivity index (χ3v) is 6.21. The molecule has 0 fully saturated rings. The van der Waals surface area contributed by atoms with Crippen LogP contribution in [0.1, 0.15) is 22.1 Å². The van der Waals surface area contributed by atoms with Crippen molar-refractivity contribution in [1.29, 1.82) is 0 Å². The molecule has 0 spiro atoms. The number of carboxylic acid groups (broad SMARTS) is 1. The molecule has 0 amide bonds. The van der Waals surface area contributed by atoms with E-state index in [9.17, 15) is 14.7 Å². The molecule has 0 unspecified atom stereocenters. The van der Waals surface area contributed by atoms with Gasteiger partial charge in [-0.3, -0.25) is 0 Å². The van der Waals surface area contributed by atoms with Crippen LogP contribution in [0.15, 0.2) is 121 Å². The Morgan fingerprint density at radius 1 is 0.615 bits per heavy atom. The summed E-state index contributed by atoms with van der Waals surface area (Å²) in [6.45, 7) is 0.